The maximum absolute atomic E-state index is 12.1. The van der Waals surface area contributed by atoms with Crippen molar-refractivity contribution in [2.45, 2.75) is 42.4 Å². The Labute approximate surface area is 708 Å². The fraction of sp³-hybridized carbons (Fsp3) is 0.169. The summed E-state index contributed by atoms with van der Waals surface area (Å²) in [7, 11) is -0.136. The topological polar surface area (TPSA) is 346 Å². The van der Waals surface area contributed by atoms with Gasteiger partial charge in [-0.1, -0.05) is 187 Å². The van der Waals surface area contributed by atoms with Crippen LogP contribution >= 0.6 is 47.8 Å². The second kappa shape index (κ2) is 36.9. The zero-order chi connectivity index (χ0) is 86.9. The Morgan fingerprint density at radius 1 is 0.442 bits per heavy atom. The molecular weight excluding hydrogens is 1650 g/mol. The van der Waals surface area contributed by atoms with Crippen molar-refractivity contribution < 1.29 is 74.4 Å². The zero-order valence-corrected chi connectivity index (χ0v) is 69.3. The third-order valence-corrected chi connectivity index (χ3v) is 25.6. The van der Waals surface area contributed by atoms with Crippen LogP contribution < -0.4 is 0 Å². The molecule has 3 fully saturated rings. The SMILES string of the molecule is CCN1C(=O)CSC1=S.CN1CC(=O)N(C)C1=O.CN1CC(=O)N(C)C1=S.O=C1CC(=O)c2c1c1ccccc1c1ccccc21.O=C1CC(=O)c2cccc3cccc1c23.O=C1CS(=O)(=O)c2cc(Cl)ccc21.O=C1CS(=O)(=O)c2ccccc21.[C-]#[N+]/C(C#N)=C1\CC(=O)c2cc3ccccc3cc21.[C-]#[N+]/C(C#N)=C1\CC(=O)c2ccccc21. The molecule has 0 aromatic heterocycles. The quantitative estimate of drug-likeness (QED) is 0.0368. The number of Topliss-reactive ketones (excluding diaryl/α,β-unsaturated/α-hetero) is 8. The predicted octanol–water partition coefficient (Wildman–Crippen LogP) is 14.4. The second-order valence-electron chi connectivity index (χ2n) is 27.6. The van der Waals surface area contributed by atoms with Gasteiger partial charge in [-0.05, 0) is 116 Å². The number of hydrogen-bond donors (Lipinski definition) is 0. The van der Waals surface area contributed by atoms with Gasteiger partial charge in [0, 0.05) is 102 Å². The molecule has 0 N–H and O–H groups in total. The van der Waals surface area contributed by atoms with Crippen molar-refractivity contribution in [3.05, 3.63) is 283 Å². The summed E-state index contributed by atoms with van der Waals surface area (Å²) >= 11 is 16.8. The number of hydrogen-bond acceptors (Lipinski definition) is 21. The van der Waals surface area contributed by atoms with Gasteiger partial charge in [-0.15, -0.1) is 0 Å². The number of halogens is 1. The van der Waals surface area contributed by atoms with E-state index in [1.807, 2.05) is 135 Å². The van der Waals surface area contributed by atoms with Crippen LogP contribution in [0.15, 0.2) is 209 Å². The van der Waals surface area contributed by atoms with Crippen LogP contribution in [0, 0.1) is 35.8 Å². The van der Waals surface area contributed by atoms with Gasteiger partial charge < -0.3 is 9.80 Å². The fourth-order valence-corrected chi connectivity index (χ4v) is 18.7. The molecule has 9 aliphatic rings. The number of carbonyl (C=O) groups is 12. The summed E-state index contributed by atoms with van der Waals surface area (Å²) < 4.78 is 45.9. The van der Waals surface area contributed by atoms with Gasteiger partial charge >= 0.3 is 6.03 Å². The van der Waals surface area contributed by atoms with Crippen molar-refractivity contribution >= 4 is 201 Å². The number of fused-ring (bicyclic) bond motifs is 11. The number of benzene rings is 10. The number of urea groups is 1. The van der Waals surface area contributed by atoms with Gasteiger partial charge in [0.15, 0.2) is 71.1 Å². The minimum atomic E-state index is -3.41. The number of thioether (sulfide) groups is 1. The lowest BCUT2D eigenvalue weighted by atomic mass is 9.87. The van der Waals surface area contributed by atoms with Crippen LogP contribution in [0.25, 0.3) is 63.9 Å². The van der Waals surface area contributed by atoms with E-state index in [9.17, 15) is 74.4 Å². The first-order valence-electron chi connectivity index (χ1n) is 36.4. The molecule has 0 spiro atoms. The molecule has 0 unspecified atom stereocenters. The number of allylic oxidation sites excluding steroid dienone is 4. The molecule has 0 saturated carbocycles. The average Bonchev–Trinajstić information content (AvgIpc) is 1.52. The number of thiocarbonyl (C=S) groups is 2. The molecule has 25 nitrogen and oxygen atoms in total. The zero-order valence-electron chi connectivity index (χ0n) is 64.4. The van der Waals surface area contributed by atoms with Gasteiger partial charge in [-0.25, -0.2) is 41.8 Å². The number of sulfone groups is 2. The summed E-state index contributed by atoms with van der Waals surface area (Å²) in [6, 6.07) is 59.4. The van der Waals surface area contributed by atoms with E-state index >= 15 is 0 Å². The summed E-state index contributed by atoms with van der Waals surface area (Å²) in [4.78, 5) is 150. The fourth-order valence-electron chi connectivity index (χ4n) is 14.1. The van der Waals surface area contributed by atoms with E-state index in [2.05, 4.69) is 9.69 Å². The lowest BCUT2D eigenvalue weighted by Gasteiger charge is -2.14. The lowest BCUT2D eigenvalue weighted by Crippen LogP contribution is -2.27. The molecule has 4 aliphatic carbocycles. The van der Waals surface area contributed by atoms with Crippen molar-refractivity contribution in [2.24, 2.45) is 0 Å². The predicted molar refractivity (Wildman–Crippen MR) is 460 cm³/mol. The van der Waals surface area contributed by atoms with Gasteiger partial charge in [0.2, 0.25) is 17.7 Å². The van der Waals surface area contributed by atoms with Crippen LogP contribution in [0.1, 0.15) is 127 Å². The van der Waals surface area contributed by atoms with E-state index in [0.717, 1.165) is 63.4 Å². The number of amides is 5. The highest BCUT2D eigenvalue weighted by atomic mass is 35.5. The first-order valence-corrected chi connectivity index (χ1v) is 41.9. The molecule has 10 aromatic rings. The molecule has 0 radical (unpaired) electrons. The number of nitriles is 2. The third-order valence-electron chi connectivity index (χ3n) is 20.0. The van der Waals surface area contributed by atoms with E-state index in [4.69, 9.17) is 59.7 Å². The molecule has 10 aromatic carbocycles. The molecule has 600 valence electrons. The number of ketones is 8. The number of rotatable bonds is 1. The van der Waals surface area contributed by atoms with Gasteiger partial charge in [0.05, 0.1) is 60.2 Å². The van der Waals surface area contributed by atoms with Gasteiger partial charge in [0.25, 0.3) is 11.4 Å². The third kappa shape index (κ3) is 18.3. The molecule has 0 bridgehead atoms. The van der Waals surface area contributed by atoms with Crippen LogP contribution in [-0.2, 0) is 34.1 Å². The molecule has 120 heavy (non-hydrogen) atoms. The van der Waals surface area contributed by atoms with Crippen molar-refractivity contribution in [3.8, 4) is 12.1 Å². The Balaban J connectivity index is 0.000000134. The van der Waals surface area contributed by atoms with Crippen molar-refractivity contribution in [1.29, 1.82) is 10.5 Å². The van der Waals surface area contributed by atoms with E-state index in [-0.39, 0.29) is 135 Å². The van der Waals surface area contributed by atoms with E-state index in [1.54, 1.807) is 78.5 Å². The van der Waals surface area contributed by atoms with Gasteiger partial charge in [0.1, 0.15) is 22.4 Å². The van der Waals surface area contributed by atoms with E-state index in [1.165, 1.54) is 52.9 Å². The first kappa shape index (κ1) is 87.3. The summed E-state index contributed by atoms with van der Waals surface area (Å²) in [6.45, 7) is 17.2. The number of imide groups is 1. The van der Waals surface area contributed by atoms with Crippen LogP contribution in [0.4, 0.5) is 4.79 Å². The standard InChI is InChI=1S/C17H10O2.C16H8N2O.C13H8O2.C12H6N2O.C8H5ClO3S.C8H6O3S.C5H8N2O2.C5H8N2OS.C5H7NOS2/c18-14-9-15(19)17-13-8-4-2-6-11(13)10-5-1-3-7-12(10)16(14)17;1-18-15(9-17)13-8-16(19)14-7-11-5-3-2-4-10(11)6-12(13)14;14-11-7-12(15)10-6-2-4-8-3-1-5-9(11)13(8)10;1-14-11(7-13)10-6-12(15)9-5-3-2-4-8(9)10;9-5-1-2-6-7(10)4-13(11,12)8(6)3-5;9-7-5-12(10,11)8-4-2-1-3-6(7)8;2*1-6-3-4(8)7(2)5(6)9;1-2-6-4(7)3-9-5(6)8/h1-8H,9H2;2-7H,8H2;1-6H,7H2;2-5H,6H2;1-3H,4H2;1-4H,5H2;2*3H2,1-2H3;2-3H2,1H3/b;15-13+;;11-10+;;;;;. The molecule has 5 heterocycles. The number of likely N-dealkylation sites (N-methyl/N-ethyl adjacent to an activating group) is 4. The molecule has 5 aliphatic heterocycles. The highest BCUT2D eigenvalue weighted by molar-refractivity contribution is 8.24. The Hall–Kier alpha value is -13.6. The lowest BCUT2D eigenvalue weighted by molar-refractivity contribution is -0.125. The Morgan fingerprint density at radius 2 is 0.858 bits per heavy atom. The van der Waals surface area contributed by atoms with Gasteiger partial charge in [-0.2, -0.15) is 0 Å². The molecule has 19 rings (SSSR count). The summed E-state index contributed by atoms with van der Waals surface area (Å²) in [5, 5.41) is 26.4. The molecule has 31 heteroatoms. The van der Waals surface area contributed by atoms with E-state index < -0.39 is 25.4 Å². The largest absolute Gasteiger partial charge is 0.343 e. The Bertz CT molecular complexity index is 6500. The highest BCUT2D eigenvalue weighted by Crippen LogP contribution is 2.41. The van der Waals surface area contributed by atoms with Crippen LogP contribution in [0.5, 0.6) is 0 Å². The molecule has 5 amide bonds. The highest BCUT2D eigenvalue weighted by Gasteiger charge is 2.37. The normalized spacial score (nSPS) is 17.0. The minimum absolute atomic E-state index is 0.00728. The molecule has 0 atom stereocenters. The summed E-state index contributed by atoms with van der Waals surface area (Å²) in [5.41, 5.74) is 7.03. The van der Waals surface area contributed by atoms with Crippen LogP contribution in [0.3, 0.4) is 0 Å². The summed E-state index contributed by atoms with van der Waals surface area (Å²) in [6.07, 6.45) is 0.338. The minimum Gasteiger partial charge on any atom is -0.343 e. The summed E-state index contributed by atoms with van der Waals surface area (Å²) in [5.74, 6) is -1.11. The smallest absolute Gasteiger partial charge is 0.326 e. The van der Waals surface area contributed by atoms with Crippen molar-refractivity contribution in [2.75, 3.05) is 65.1 Å². The van der Waals surface area contributed by atoms with Crippen LogP contribution in [-0.4, -0.2) is 186 Å². The molecule has 3 saturated heterocycles. The second-order valence-corrected chi connectivity index (χ2v) is 33.9. The number of carbonyl (C=O) groups excluding carboxylic acids is 12. The van der Waals surface area contributed by atoms with Crippen LogP contribution in [0.2, 0.25) is 5.02 Å². The Morgan fingerprint density at radius 3 is 1.29 bits per heavy atom. The molecular formula is C89H66ClN9O16S5. The first-order chi connectivity index (χ1) is 57.2. The van der Waals surface area contributed by atoms with Crippen molar-refractivity contribution in [1.82, 2.24) is 24.5 Å². The maximum atomic E-state index is 12.1. The average molecular weight is 1710 g/mol. The Kier molecular flexibility index (Phi) is 26.9. The van der Waals surface area contributed by atoms with E-state index in [0.29, 0.717) is 79.1 Å². The monoisotopic (exact) mass is 1710 g/mol. The van der Waals surface area contributed by atoms with Crippen molar-refractivity contribution in [3.63, 3.8) is 0 Å². The van der Waals surface area contributed by atoms with Gasteiger partial charge in [-0.3, -0.25) is 67.4 Å². The number of nitrogens with zero attached hydrogens (tertiary/aromatic N) is 9. The maximum Gasteiger partial charge on any atom is 0.326 e.